The first-order valence-corrected chi connectivity index (χ1v) is 11.9. The van der Waals surface area contributed by atoms with E-state index in [1.807, 2.05) is 0 Å². The van der Waals surface area contributed by atoms with Gasteiger partial charge in [0.25, 0.3) is 10.0 Å². The van der Waals surface area contributed by atoms with E-state index in [1.54, 1.807) is 12.1 Å². The van der Waals surface area contributed by atoms with Gasteiger partial charge in [0.15, 0.2) is 0 Å². The van der Waals surface area contributed by atoms with Crippen LogP contribution < -0.4 is 9.46 Å². The molecular weight excluding hydrogens is 471 g/mol. The molecule has 1 atom stereocenters. The maximum atomic E-state index is 13.3. The Hall–Kier alpha value is -3.18. The normalized spacial score (nSPS) is 15.9. The number of ether oxygens (including phenoxy) is 2. The van der Waals surface area contributed by atoms with Crippen LogP contribution in [0.4, 0.5) is 19.1 Å². The van der Waals surface area contributed by atoms with Crippen molar-refractivity contribution in [3.63, 3.8) is 0 Å². The Labute approximate surface area is 195 Å². The standard InChI is InChI=1S/C23H22F3N3O4S/c1-32-11-7-15-13-16(23(24,25)26)3-5-18(15)19-8-12-33-21-14-17(4-6-20(19)21)34(30,31)29-22-27-9-2-10-28-22/h2-6,9-10,13-14,19H,7-8,11-12H2,1H3,(H,27,28,29). The van der Waals surface area contributed by atoms with Gasteiger partial charge in [0.1, 0.15) is 5.75 Å². The van der Waals surface area contributed by atoms with Crippen LogP contribution in [0.5, 0.6) is 5.75 Å². The Morgan fingerprint density at radius 1 is 1.12 bits per heavy atom. The van der Waals surface area contributed by atoms with Crippen LogP contribution in [0.15, 0.2) is 59.8 Å². The topological polar surface area (TPSA) is 90.4 Å². The Bertz CT molecular complexity index is 1270. The summed E-state index contributed by atoms with van der Waals surface area (Å²) in [6.45, 7) is 0.565. The Morgan fingerprint density at radius 2 is 1.85 bits per heavy atom. The van der Waals surface area contributed by atoms with Gasteiger partial charge in [-0.15, -0.1) is 0 Å². The summed E-state index contributed by atoms with van der Waals surface area (Å²) in [6, 6.07) is 9.77. The van der Waals surface area contributed by atoms with Crippen LogP contribution in [-0.2, 0) is 27.4 Å². The second-order valence-corrected chi connectivity index (χ2v) is 9.40. The van der Waals surface area contributed by atoms with Gasteiger partial charge in [-0.25, -0.2) is 23.1 Å². The number of rotatable bonds is 7. The Morgan fingerprint density at radius 3 is 2.56 bits per heavy atom. The van der Waals surface area contributed by atoms with E-state index in [2.05, 4.69) is 14.7 Å². The molecule has 11 heteroatoms. The van der Waals surface area contributed by atoms with E-state index in [9.17, 15) is 21.6 Å². The molecule has 0 bridgehead atoms. The van der Waals surface area contributed by atoms with Crippen LogP contribution in [0, 0.1) is 0 Å². The van der Waals surface area contributed by atoms with Gasteiger partial charge in [-0.05, 0) is 48.2 Å². The summed E-state index contributed by atoms with van der Waals surface area (Å²) in [5, 5.41) is 0. The molecule has 0 saturated heterocycles. The number of aromatic nitrogens is 2. The van der Waals surface area contributed by atoms with Crippen molar-refractivity contribution < 1.29 is 31.1 Å². The van der Waals surface area contributed by atoms with E-state index in [-0.39, 0.29) is 23.4 Å². The summed E-state index contributed by atoms with van der Waals surface area (Å²) in [5.74, 6) is 0.0531. The number of hydrogen-bond donors (Lipinski definition) is 1. The highest BCUT2D eigenvalue weighted by molar-refractivity contribution is 7.92. The van der Waals surface area contributed by atoms with Crippen molar-refractivity contribution in [1.82, 2.24) is 9.97 Å². The minimum atomic E-state index is -4.45. The molecule has 1 aliphatic rings. The summed E-state index contributed by atoms with van der Waals surface area (Å²) in [4.78, 5) is 7.69. The van der Waals surface area contributed by atoms with Gasteiger partial charge in [-0.1, -0.05) is 12.1 Å². The zero-order valence-electron chi connectivity index (χ0n) is 18.2. The number of halogens is 3. The molecule has 1 aromatic heterocycles. The molecule has 1 N–H and O–H groups in total. The van der Waals surface area contributed by atoms with Crippen molar-refractivity contribution in [3.05, 3.63) is 77.1 Å². The lowest BCUT2D eigenvalue weighted by Gasteiger charge is -2.29. The summed E-state index contributed by atoms with van der Waals surface area (Å²) >= 11 is 0. The molecule has 2 aromatic carbocycles. The second-order valence-electron chi connectivity index (χ2n) is 7.72. The fourth-order valence-electron chi connectivity index (χ4n) is 3.94. The van der Waals surface area contributed by atoms with Crippen LogP contribution in [0.2, 0.25) is 0 Å². The number of anilines is 1. The van der Waals surface area contributed by atoms with Gasteiger partial charge in [0.2, 0.25) is 5.95 Å². The lowest BCUT2D eigenvalue weighted by atomic mass is 9.83. The molecule has 4 rings (SSSR count). The fraction of sp³-hybridized carbons (Fsp3) is 0.304. The maximum Gasteiger partial charge on any atom is 0.416 e. The number of fused-ring (bicyclic) bond motifs is 1. The molecule has 34 heavy (non-hydrogen) atoms. The van der Waals surface area contributed by atoms with E-state index in [0.717, 1.165) is 17.7 Å². The third kappa shape index (κ3) is 5.15. The van der Waals surface area contributed by atoms with E-state index in [1.165, 1.54) is 37.7 Å². The molecule has 7 nitrogen and oxygen atoms in total. The van der Waals surface area contributed by atoms with E-state index in [0.29, 0.717) is 36.3 Å². The zero-order valence-corrected chi connectivity index (χ0v) is 19.0. The predicted octanol–water partition coefficient (Wildman–Crippen LogP) is 4.40. The molecule has 180 valence electrons. The molecule has 0 saturated carbocycles. The average molecular weight is 494 g/mol. The van der Waals surface area contributed by atoms with Gasteiger partial charge in [-0.3, -0.25) is 0 Å². The van der Waals surface area contributed by atoms with E-state index >= 15 is 0 Å². The largest absolute Gasteiger partial charge is 0.493 e. The van der Waals surface area contributed by atoms with Gasteiger partial charge >= 0.3 is 6.18 Å². The molecule has 2 heterocycles. The molecule has 1 aliphatic heterocycles. The van der Waals surface area contributed by atoms with Crippen LogP contribution in [0.3, 0.4) is 0 Å². The zero-order chi connectivity index (χ0) is 24.3. The lowest BCUT2D eigenvalue weighted by molar-refractivity contribution is -0.137. The number of nitrogens with zero attached hydrogens (tertiary/aromatic N) is 2. The Balaban J connectivity index is 1.69. The van der Waals surface area contributed by atoms with Crippen LogP contribution in [-0.4, -0.2) is 38.7 Å². The molecule has 0 aliphatic carbocycles. The van der Waals surface area contributed by atoms with Gasteiger partial charge < -0.3 is 9.47 Å². The monoisotopic (exact) mass is 493 g/mol. The first-order valence-electron chi connectivity index (χ1n) is 10.4. The number of sulfonamides is 1. The van der Waals surface area contributed by atoms with E-state index < -0.39 is 21.8 Å². The second kappa shape index (κ2) is 9.59. The molecule has 0 radical (unpaired) electrons. The fourth-order valence-corrected chi connectivity index (χ4v) is 4.91. The summed E-state index contributed by atoms with van der Waals surface area (Å²) in [6.07, 6.45) is -0.767. The summed E-state index contributed by atoms with van der Waals surface area (Å²) in [7, 11) is -2.47. The highest BCUT2D eigenvalue weighted by Crippen LogP contribution is 2.42. The van der Waals surface area contributed by atoms with Crippen molar-refractivity contribution in [3.8, 4) is 5.75 Å². The first kappa shape index (κ1) is 24.0. The van der Waals surface area contributed by atoms with Crippen molar-refractivity contribution in [2.24, 2.45) is 0 Å². The van der Waals surface area contributed by atoms with Gasteiger partial charge in [0, 0.05) is 37.1 Å². The molecule has 0 amide bonds. The highest BCUT2D eigenvalue weighted by Gasteiger charge is 2.33. The minimum Gasteiger partial charge on any atom is -0.493 e. The number of nitrogens with one attached hydrogen (secondary N) is 1. The van der Waals surface area contributed by atoms with Crippen molar-refractivity contribution >= 4 is 16.0 Å². The van der Waals surface area contributed by atoms with Crippen LogP contribution in [0.1, 0.15) is 34.6 Å². The Kier molecular flexibility index (Phi) is 6.76. The third-order valence-electron chi connectivity index (χ3n) is 5.55. The van der Waals surface area contributed by atoms with Gasteiger partial charge in [-0.2, -0.15) is 13.2 Å². The number of hydrogen-bond acceptors (Lipinski definition) is 6. The van der Waals surface area contributed by atoms with Crippen LogP contribution in [0.25, 0.3) is 0 Å². The number of methoxy groups -OCH3 is 1. The minimum absolute atomic E-state index is 0.0358. The molecule has 3 aromatic rings. The van der Waals surface area contributed by atoms with Crippen molar-refractivity contribution in [1.29, 1.82) is 0 Å². The molecule has 0 fully saturated rings. The third-order valence-corrected chi connectivity index (χ3v) is 6.87. The van der Waals surface area contributed by atoms with Crippen molar-refractivity contribution in [2.75, 3.05) is 25.0 Å². The maximum absolute atomic E-state index is 13.3. The van der Waals surface area contributed by atoms with Gasteiger partial charge in [0.05, 0.1) is 23.7 Å². The molecule has 1 unspecified atom stereocenters. The summed E-state index contributed by atoms with van der Waals surface area (Å²) < 4.78 is 78.6. The highest BCUT2D eigenvalue weighted by atomic mass is 32.2. The van der Waals surface area contributed by atoms with E-state index in [4.69, 9.17) is 9.47 Å². The average Bonchev–Trinajstić information content (AvgIpc) is 2.81. The quantitative estimate of drug-likeness (QED) is 0.525. The molecular formula is C23H22F3N3O4S. The smallest absolute Gasteiger partial charge is 0.416 e. The summed E-state index contributed by atoms with van der Waals surface area (Å²) in [5.41, 5.74) is 1.26. The number of alkyl halides is 3. The van der Waals surface area contributed by atoms with Crippen molar-refractivity contribution in [2.45, 2.75) is 29.8 Å². The predicted molar refractivity (Wildman–Crippen MR) is 118 cm³/mol. The SMILES string of the molecule is COCCc1cc(C(F)(F)F)ccc1C1CCOc2cc(S(=O)(=O)Nc3ncccn3)ccc21. The molecule has 0 spiro atoms. The number of benzene rings is 2. The van der Waals surface area contributed by atoms with Crippen LogP contribution >= 0.6 is 0 Å². The first-order chi connectivity index (χ1) is 16.2. The lowest BCUT2D eigenvalue weighted by Crippen LogP contribution is -2.19.